The Balaban J connectivity index is 2.92. The predicted octanol–water partition coefficient (Wildman–Crippen LogP) is 0.790. The Morgan fingerprint density at radius 1 is 1.65 bits per heavy atom. The van der Waals surface area contributed by atoms with E-state index in [1.165, 1.54) is 7.11 Å². The highest BCUT2D eigenvalue weighted by atomic mass is 16.6. The summed E-state index contributed by atoms with van der Waals surface area (Å²) < 4.78 is 5.02. The molecule has 1 aliphatic rings. The number of rotatable bonds is 4. The standard InChI is InChI=1S/C12H19NO4/c1-7-5-12(16,17-3)6-8(2)9(7)4-10(13)11(14)15/h5,10,16H,4,6,13H2,1-3H3,(H,14,15)/t10-,12?/m0/s1. The zero-order chi connectivity index (χ0) is 13.2. The van der Waals surface area contributed by atoms with Gasteiger partial charge in [-0.15, -0.1) is 0 Å². The van der Waals surface area contributed by atoms with Crippen LogP contribution in [0, 0.1) is 0 Å². The normalized spacial score (nSPS) is 26.8. The first-order chi connectivity index (χ1) is 7.79. The van der Waals surface area contributed by atoms with Crippen molar-refractivity contribution in [2.24, 2.45) is 5.73 Å². The molecule has 1 unspecified atom stereocenters. The summed E-state index contributed by atoms with van der Waals surface area (Å²) in [6, 6.07) is -0.919. The van der Waals surface area contributed by atoms with Crippen LogP contribution in [0.3, 0.4) is 0 Å². The number of allylic oxidation sites excluding steroid dienone is 1. The molecular weight excluding hydrogens is 222 g/mol. The Morgan fingerprint density at radius 3 is 2.65 bits per heavy atom. The summed E-state index contributed by atoms with van der Waals surface area (Å²) in [5, 5.41) is 18.8. The van der Waals surface area contributed by atoms with E-state index in [1.54, 1.807) is 6.08 Å². The quantitative estimate of drug-likeness (QED) is 0.633. The lowest BCUT2D eigenvalue weighted by Crippen LogP contribution is -2.34. The highest BCUT2D eigenvalue weighted by Gasteiger charge is 2.30. The summed E-state index contributed by atoms with van der Waals surface area (Å²) in [4.78, 5) is 10.7. The average molecular weight is 241 g/mol. The molecule has 96 valence electrons. The van der Waals surface area contributed by atoms with Gasteiger partial charge in [-0.25, -0.2) is 0 Å². The number of aliphatic hydroxyl groups is 1. The Labute approximate surface area is 101 Å². The van der Waals surface area contributed by atoms with Crippen LogP contribution < -0.4 is 5.73 Å². The highest BCUT2D eigenvalue weighted by Crippen LogP contribution is 2.33. The molecule has 0 aliphatic heterocycles. The third kappa shape index (κ3) is 3.15. The summed E-state index contributed by atoms with van der Waals surface area (Å²) >= 11 is 0. The van der Waals surface area contributed by atoms with E-state index in [9.17, 15) is 9.90 Å². The van der Waals surface area contributed by atoms with Crippen molar-refractivity contribution in [3.05, 3.63) is 22.8 Å². The van der Waals surface area contributed by atoms with E-state index in [0.29, 0.717) is 6.42 Å². The molecule has 0 aromatic carbocycles. The maximum absolute atomic E-state index is 10.7. The van der Waals surface area contributed by atoms with Gasteiger partial charge in [-0.05, 0) is 37.5 Å². The van der Waals surface area contributed by atoms with Crippen LogP contribution in [0.25, 0.3) is 0 Å². The Kier molecular flexibility index (Phi) is 4.08. The van der Waals surface area contributed by atoms with Crippen molar-refractivity contribution in [1.82, 2.24) is 0 Å². The number of nitrogens with two attached hydrogens (primary N) is 1. The second-order valence-corrected chi connectivity index (χ2v) is 4.46. The molecule has 0 spiro atoms. The van der Waals surface area contributed by atoms with Gasteiger partial charge in [0, 0.05) is 13.5 Å². The summed E-state index contributed by atoms with van der Waals surface area (Å²) in [6.07, 6.45) is 2.20. The molecule has 1 rings (SSSR count). The number of hydrogen-bond donors (Lipinski definition) is 3. The largest absolute Gasteiger partial charge is 0.480 e. The maximum Gasteiger partial charge on any atom is 0.320 e. The molecule has 5 heteroatoms. The molecule has 0 fully saturated rings. The molecule has 0 aromatic heterocycles. The van der Waals surface area contributed by atoms with E-state index in [0.717, 1.165) is 16.7 Å². The monoisotopic (exact) mass is 241 g/mol. The van der Waals surface area contributed by atoms with Gasteiger partial charge in [0.1, 0.15) is 6.04 Å². The number of aliphatic carboxylic acids is 1. The van der Waals surface area contributed by atoms with E-state index in [-0.39, 0.29) is 6.42 Å². The number of carbonyl (C=O) groups is 1. The SMILES string of the molecule is COC1(O)C=C(C)C(C[C@H](N)C(=O)O)=C(C)C1. The first-order valence-electron chi connectivity index (χ1n) is 5.43. The van der Waals surface area contributed by atoms with E-state index in [2.05, 4.69) is 0 Å². The van der Waals surface area contributed by atoms with Crippen LogP contribution in [-0.4, -0.2) is 35.1 Å². The topological polar surface area (TPSA) is 92.8 Å². The van der Waals surface area contributed by atoms with Crippen LogP contribution in [0.5, 0.6) is 0 Å². The minimum atomic E-state index is -1.29. The first kappa shape index (κ1) is 13.9. The fourth-order valence-corrected chi connectivity index (χ4v) is 2.07. The Morgan fingerprint density at radius 2 is 2.24 bits per heavy atom. The second kappa shape index (κ2) is 5.00. The second-order valence-electron chi connectivity index (χ2n) is 4.46. The van der Waals surface area contributed by atoms with Gasteiger partial charge in [0.05, 0.1) is 0 Å². The lowest BCUT2D eigenvalue weighted by molar-refractivity contribution is -0.146. The Bertz CT molecular complexity index is 386. The van der Waals surface area contributed by atoms with Crippen molar-refractivity contribution in [3.8, 4) is 0 Å². The molecular formula is C12H19NO4. The lowest BCUT2D eigenvalue weighted by Gasteiger charge is -2.31. The molecule has 0 saturated heterocycles. The summed E-state index contributed by atoms with van der Waals surface area (Å²) in [5.74, 6) is -2.31. The molecule has 1 aliphatic carbocycles. The number of hydrogen-bond acceptors (Lipinski definition) is 4. The Hall–Kier alpha value is -1.17. The molecule has 2 atom stereocenters. The number of ether oxygens (including phenoxy) is 1. The van der Waals surface area contributed by atoms with Gasteiger partial charge in [0.2, 0.25) is 0 Å². The lowest BCUT2D eigenvalue weighted by atomic mass is 9.85. The van der Waals surface area contributed by atoms with E-state index < -0.39 is 17.8 Å². The van der Waals surface area contributed by atoms with Gasteiger partial charge in [0.25, 0.3) is 0 Å². The minimum Gasteiger partial charge on any atom is -0.480 e. The van der Waals surface area contributed by atoms with Gasteiger partial charge in [-0.2, -0.15) is 0 Å². The molecule has 0 bridgehead atoms. The molecule has 5 nitrogen and oxygen atoms in total. The fraction of sp³-hybridized carbons (Fsp3) is 0.583. The predicted molar refractivity (Wildman–Crippen MR) is 63.3 cm³/mol. The van der Waals surface area contributed by atoms with Gasteiger partial charge in [0.15, 0.2) is 5.79 Å². The van der Waals surface area contributed by atoms with Gasteiger partial charge >= 0.3 is 5.97 Å². The zero-order valence-corrected chi connectivity index (χ0v) is 10.4. The van der Waals surface area contributed by atoms with Crippen molar-refractivity contribution in [3.63, 3.8) is 0 Å². The molecule has 0 heterocycles. The smallest absolute Gasteiger partial charge is 0.320 e. The average Bonchev–Trinajstić information content (AvgIpc) is 2.23. The zero-order valence-electron chi connectivity index (χ0n) is 10.4. The van der Waals surface area contributed by atoms with Crippen molar-refractivity contribution < 1.29 is 19.7 Å². The molecule has 0 saturated carbocycles. The molecule has 0 aromatic rings. The molecule has 0 radical (unpaired) electrons. The van der Waals surface area contributed by atoms with Crippen LogP contribution in [0.2, 0.25) is 0 Å². The number of carboxylic acids is 1. The van der Waals surface area contributed by atoms with Crippen molar-refractivity contribution in [2.75, 3.05) is 7.11 Å². The van der Waals surface area contributed by atoms with Gasteiger partial charge in [-0.3, -0.25) is 4.79 Å². The summed E-state index contributed by atoms with van der Waals surface area (Å²) in [5.41, 5.74) is 8.13. The van der Waals surface area contributed by atoms with Crippen molar-refractivity contribution in [1.29, 1.82) is 0 Å². The molecule has 17 heavy (non-hydrogen) atoms. The van der Waals surface area contributed by atoms with Crippen LogP contribution in [0.15, 0.2) is 22.8 Å². The minimum absolute atomic E-state index is 0.267. The summed E-state index contributed by atoms with van der Waals surface area (Å²) in [6.45, 7) is 3.67. The summed E-state index contributed by atoms with van der Waals surface area (Å²) in [7, 11) is 1.44. The van der Waals surface area contributed by atoms with Crippen LogP contribution in [0.1, 0.15) is 26.7 Å². The first-order valence-corrected chi connectivity index (χ1v) is 5.43. The van der Waals surface area contributed by atoms with Gasteiger partial charge < -0.3 is 20.7 Å². The number of carboxylic acid groups (broad SMARTS) is 1. The third-order valence-electron chi connectivity index (χ3n) is 3.05. The van der Waals surface area contributed by atoms with E-state index in [4.69, 9.17) is 15.6 Å². The number of methoxy groups -OCH3 is 1. The van der Waals surface area contributed by atoms with Crippen molar-refractivity contribution >= 4 is 5.97 Å². The molecule has 4 N–H and O–H groups in total. The highest BCUT2D eigenvalue weighted by molar-refractivity contribution is 5.73. The van der Waals surface area contributed by atoms with Crippen LogP contribution >= 0.6 is 0 Å². The van der Waals surface area contributed by atoms with Crippen LogP contribution in [-0.2, 0) is 9.53 Å². The molecule has 0 amide bonds. The maximum atomic E-state index is 10.7. The fourth-order valence-electron chi connectivity index (χ4n) is 2.07. The van der Waals surface area contributed by atoms with Gasteiger partial charge in [-0.1, -0.05) is 5.57 Å². The van der Waals surface area contributed by atoms with E-state index >= 15 is 0 Å². The van der Waals surface area contributed by atoms with Crippen LogP contribution in [0.4, 0.5) is 0 Å². The van der Waals surface area contributed by atoms with Crippen molar-refractivity contribution in [2.45, 2.75) is 38.5 Å². The van der Waals surface area contributed by atoms with E-state index in [1.807, 2.05) is 13.8 Å². The third-order valence-corrected chi connectivity index (χ3v) is 3.05.